The monoisotopic (exact) mass is 488 g/mol. The van der Waals surface area contributed by atoms with Crippen molar-refractivity contribution in [1.82, 2.24) is 0 Å². The number of ether oxygens (including phenoxy) is 7. The van der Waals surface area contributed by atoms with Crippen LogP contribution in [0.5, 0.6) is 5.75 Å². The van der Waals surface area contributed by atoms with E-state index in [1.807, 2.05) is 12.1 Å². The first-order valence-electron chi connectivity index (χ1n) is 13.8. The first-order chi connectivity index (χ1) is 17.2. The Hall–Kier alpha value is -1.22. The maximum absolute atomic E-state index is 6.62. The predicted molar refractivity (Wildman–Crippen MR) is 128 cm³/mol. The third-order valence-corrected chi connectivity index (χ3v) is 8.20. The van der Waals surface area contributed by atoms with Gasteiger partial charge < -0.3 is 33.2 Å². The van der Waals surface area contributed by atoms with E-state index in [0.717, 1.165) is 75.7 Å². The largest absolute Gasteiger partial charge is 0.494 e. The van der Waals surface area contributed by atoms with Crippen LogP contribution in [-0.2, 0) is 35.0 Å². The summed E-state index contributed by atoms with van der Waals surface area (Å²) < 4.78 is 44.6. The van der Waals surface area contributed by atoms with Crippen LogP contribution in [0, 0.1) is 0 Å². The summed E-state index contributed by atoms with van der Waals surface area (Å²) in [6.07, 6.45) is 10.4. The second kappa shape index (κ2) is 10.3. The third-order valence-electron chi connectivity index (χ3n) is 8.20. The summed E-state index contributed by atoms with van der Waals surface area (Å²) in [4.78, 5) is 0. The minimum absolute atomic E-state index is 0.178. The standard InChI is InChI=1S/C28H40O7/c1-2-17-29-21-11-9-20(10-12-21)18-30-24-23(22-19-31-27(33-22)13-5-3-6-14-27)32-26-25(24)34-28(35-26)15-7-4-8-16-28/h9-12,22-26H,2-8,13-19H2,1H3. The highest BCUT2D eigenvalue weighted by Crippen LogP contribution is 2.48. The molecule has 7 heteroatoms. The van der Waals surface area contributed by atoms with E-state index in [0.29, 0.717) is 13.2 Å². The zero-order chi connectivity index (χ0) is 23.7. The molecule has 3 saturated heterocycles. The summed E-state index contributed by atoms with van der Waals surface area (Å²) in [7, 11) is 0. The molecule has 0 radical (unpaired) electrons. The number of fused-ring (bicyclic) bond motifs is 1. The fourth-order valence-corrected chi connectivity index (χ4v) is 6.36. The molecule has 2 saturated carbocycles. The molecule has 5 fully saturated rings. The van der Waals surface area contributed by atoms with Crippen molar-refractivity contribution in [2.75, 3.05) is 13.2 Å². The van der Waals surface area contributed by atoms with Gasteiger partial charge in [-0.3, -0.25) is 0 Å². The smallest absolute Gasteiger partial charge is 0.190 e. The average Bonchev–Trinajstić information content (AvgIpc) is 3.54. The van der Waals surface area contributed by atoms with Gasteiger partial charge >= 0.3 is 0 Å². The van der Waals surface area contributed by atoms with Crippen LogP contribution in [0.15, 0.2) is 24.3 Å². The van der Waals surface area contributed by atoms with Crippen LogP contribution < -0.4 is 4.74 Å². The summed E-state index contributed by atoms with van der Waals surface area (Å²) in [6.45, 7) is 3.83. The maximum atomic E-state index is 6.62. The fourth-order valence-electron chi connectivity index (χ4n) is 6.36. The Kier molecular flexibility index (Phi) is 7.08. The van der Waals surface area contributed by atoms with E-state index >= 15 is 0 Å². The van der Waals surface area contributed by atoms with Crippen molar-refractivity contribution in [1.29, 1.82) is 0 Å². The molecule has 5 atom stereocenters. The zero-order valence-electron chi connectivity index (χ0n) is 21.0. The summed E-state index contributed by atoms with van der Waals surface area (Å²) in [5.41, 5.74) is 1.09. The van der Waals surface area contributed by atoms with Gasteiger partial charge in [0, 0.05) is 25.7 Å². The van der Waals surface area contributed by atoms with Gasteiger partial charge in [0.2, 0.25) is 0 Å². The van der Waals surface area contributed by atoms with Crippen LogP contribution in [0.3, 0.4) is 0 Å². The van der Waals surface area contributed by atoms with Crippen LogP contribution in [-0.4, -0.2) is 55.5 Å². The van der Waals surface area contributed by atoms with Crippen molar-refractivity contribution < 1.29 is 33.2 Å². The Labute approximate surface area is 208 Å². The van der Waals surface area contributed by atoms with Crippen LogP contribution >= 0.6 is 0 Å². The van der Waals surface area contributed by atoms with Crippen molar-refractivity contribution in [3.63, 3.8) is 0 Å². The highest BCUT2D eigenvalue weighted by Gasteiger charge is 2.61. The van der Waals surface area contributed by atoms with Gasteiger partial charge in [-0.2, -0.15) is 0 Å². The van der Waals surface area contributed by atoms with Crippen LogP contribution in [0.4, 0.5) is 0 Å². The quantitative estimate of drug-likeness (QED) is 0.520. The van der Waals surface area contributed by atoms with Crippen molar-refractivity contribution in [2.45, 2.75) is 126 Å². The molecule has 5 unspecified atom stereocenters. The number of rotatable bonds is 7. The molecule has 6 rings (SSSR count). The molecule has 0 amide bonds. The number of benzene rings is 1. The summed E-state index contributed by atoms with van der Waals surface area (Å²) in [5, 5.41) is 0. The molecule has 1 aromatic carbocycles. The molecule has 1 aromatic rings. The molecule has 3 heterocycles. The molecule has 194 valence electrons. The minimum Gasteiger partial charge on any atom is -0.494 e. The summed E-state index contributed by atoms with van der Waals surface area (Å²) in [6, 6.07) is 8.14. The molecule has 2 spiro atoms. The Bertz CT molecular complexity index is 830. The van der Waals surface area contributed by atoms with Gasteiger partial charge in [-0.05, 0) is 49.8 Å². The van der Waals surface area contributed by atoms with E-state index in [1.54, 1.807) is 0 Å². The topological polar surface area (TPSA) is 64.6 Å². The van der Waals surface area contributed by atoms with Gasteiger partial charge in [0.1, 0.15) is 30.2 Å². The van der Waals surface area contributed by atoms with Crippen molar-refractivity contribution >= 4 is 0 Å². The lowest BCUT2D eigenvalue weighted by Crippen LogP contribution is -2.45. The lowest BCUT2D eigenvalue weighted by atomic mass is 9.94. The minimum atomic E-state index is -0.518. The molecular weight excluding hydrogens is 448 g/mol. The molecule has 3 aliphatic heterocycles. The highest BCUT2D eigenvalue weighted by atomic mass is 16.9. The molecule has 0 N–H and O–H groups in total. The SMILES string of the molecule is CCCOc1ccc(COC2C(C3COC4(CCCCC4)O3)OC3OC4(CCCCC4)OC32)cc1. The maximum Gasteiger partial charge on any atom is 0.190 e. The molecule has 2 aliphatic carbocycles. The molecular formula is C28H40O7. The van der Waals surface area contributed by atoms with Crippen molar-refractivity contribution in [3.8, 4) is 5.75 Å². The number of hydrogen-bond donors (Lipinski definition) is 0. The number of hydrogen-bond acceptors (Lipinski definition) is 7. The van der Waals surface area contributed by atoms with Gasteiger partial charge in [-0.15, -0.1) is 0 Å². The summed E-state index contributed by atoms with van der Waals surface area (Å²) in [5.74, 6) is -0.0793. The van der Waals surface area contributed by atoms with E-state index in [-0.39, 0.29) is 24.4 Å². The van der Waals surface area contributed by atoms with E-state index in [9.17, 15) is 0 Å². The van der Waals surface area contributed by atoms with E-state index in [4.69, 9.17) is 33.2 Å². The Morgan fingerprint density at radius 1 is 0.829 bits per heavy atom. The average molecular weight is 489 g/mol. The van der Waals surface area contributed by atoms with E-state index in [1.165, 1.54) is 12.8 Å². The van der Waals surface area contributed by atoms with Gasteiger partial charge in [0.25, 0.3) is 0 Å². The molecule has 5 aliphatic rings. The Balaban J connectivity index is 1.15. The Morgan fingerprint density at radius 3 is 2.26 bits per heavy atom. The molecule has 0 aromatic heterocycles. The van der Waals surface area contributed by atoms with Crippen molar-refractivity contribution in [3.05, 3.63) is 29.8 Å². The highest BCUT2D eigenvalue weighted by molar-refractivity contribution is 5.27. The first-order valence-corrected chi connectivity index (χ1v) is 13.8. The van der Waals surface area contributed by atoms with Gasteiger partial charge in [-0.25, -0.2) is 0 Å². The van der Waals surface area contributed by atoms with Gasteiger partial charge in [0.05, 0.1) is 19.8 Å². The van der Waals surface area contributed by atoms with Crippen molar-refractivity contribution in [2.24, 2.45) is 0 Å². The van der Waals surface area contributed by atoms with E-state index in [2.05, 4.69) is 19.1 Å². The lowest BCUT2D eigenvalue weighted by molar-refractivity contribution is -0.263. The third kappa shape index (κ3) is 5.00. The van der Waals surface area contributed by atoms with Crippen LogP contribution in [0.2, 0.25) is 0 Å². The zero-order valence-corrected chi connectivity index (χ0v) is 21.0. The van der Waals surface area contributed by atoms with Crippen LogP contribution in [0.1, 0.15) is 83.1 Å². The second-order valence-corrected chi connectivity index (χ2v) is 10.8. The second-order valence-electron chi connectivity index (χ2n) is 10.8. The predicted octanol–water partition coefficient (Wildman–Crippen LogP) is 5.24. The molecule has 35 heavy (non-hydrogen) atoms. The van der Waals surface area contributed by atoms with Crippen LogP contribution in [0.25, 0.3) is 0 Å². The van der Waals surface area contributed by atoms with E-state index < -0.39 is 17.9 Å². The van der Waals surface area contributed by atoms with Gasteiger partial charge in [-0.1, -0.05) is 31.9 Å². The normalized spacial score (nSPS) is 35.5. The molecule has 7 nitrogen and oxygen atoms in total. The van der Waals surface area contributed by atoms with Gasteiger partial charge in [0.15, 0.2) is 17.9 Å². The summed E-state index contributed by atoms with van der Waals surface area (Å²) >= 11 is 0. The Morgan fingerprint density at radius 2 is 1.54 bits per heavy atom. The molecule has 0 bridgehead atoms. The first kappa shape index (κ1) is 24.1. The lowest BCUT2D eigenvalue weighted by Gasteiger charge is -2.35. The fraction of sp³-hybridized carbons (Fsp3) is 0.786.